The largest absolute Gasteiger partial charge is 0.351 e. The number of carbonyl (C=O) groups excluding carboxylic acids is 1. The van der Waals surface area contributed by atoms with Crippen LogP contribution in [0.5, 0.6) is 0 Å². The zero-order chi connectivity index (χ0) is 13.7. The number of amides is 1. The smallest absolute Gasteiger partial charge is 0.252 e. The monoisotopic (exact) mass is 300 g/mol. The molecule has 2 rings (SSSR count). The number of nitrogens with zero attached hydrogens (tertiary/aromatic N) is 1. The van der Waals surface area contributed by atoms with Crippen molar-refractivity contribution >= 4 is 29.1 Å². The first-order chi connectivity index (χ1) is 9.16. The predicted molar refractivity (Wildman–Crippen MR) is 79.1 cm³/mol. The SMILES string of the molecule is O=C(NCCN1CCCCC1)c1ccc(Cl)cc1Cl. The molecule has 1 N–H and O–H groups in total. The van der Waals surface area contributed by atoms with Gasteiger partial charge in [0.15, 0.2) is 0 Å². The van der Waals surface area contributed by atoms with E-state index in [9.17, 15) is 4.79 Å². The van der Waals surface area contributed by atoms with E-state index in [-0.39, 0.29) is 5.91 Å². The highest BCUT2D eigenvalue weighted by Gasteiger charge is 2.12. The van der Waals surface area contributed by atoms with E-state index in [2.05, 4.69) is 10.2 Å². The van der Waals surface area contributed by atoms with Gasteiger partial charge in [-0.05, 0) is 44.1 Å². The number of carbonyl (C=O) groups is 1. The van der Waals surface area contributed by atoms with Crippen LogP contribution in [0.4, 0.5) is 0 Å². The minimum Gasteiger partial charge on any atom is -0.351 e. The Labute approximate surface area is 123 Å². The topological polar surface area (TPSA) is 32.3 Å². The van der Waals surface area contributed by atoms with Crippen molar-refractivity contribution in [3.05, 3.63) is 33.8 Å². The van der Waals surface area contributed by atoms with Gasteiger partial charge in [0.2, 0.25) is 0 Å². The molecule has 0 aliphatic carbocycles. The summed E-state index contributed by atoms with van der Waals surface area (Å²) >= 11 is 11.8. The summed E-state index contributed by atoms with van der Waals surface area (Å²) in [5, 5.41) is 3.83. The van der Waals surface area contributed by atoms with E-state index in [4.69, 9.17) is 23.2 Å². The second kappa shape index (κ2) is 7.13. The molecule has 0 atom stereocenters. The van der Waals surface area contributed by atoms with Gasteiger partial charge < -0.3 is 10.2 Å². The van der Waals surface area contributed by atoms with Gasteiger partial charge in [-0.25, -0.2) is 0 Å². The molecular weight excluding hydrogens is 283 g/mol. The van der Waals surface area contributed by atoms with Gasteiger partial charge in [-0.3, -0.25) is 4.79 Å². The highest BCUT2D eigenvalue weighted by atomic mass is 35.5. The van der Waals surface area contributed by atoms with Gasteiger partial charge >= 0.3 is 0 Å². The molecular formula is C14H18Cl2N2O. The van der Waals surface area contributed by atoms with Crippen LogP contribution in [0.2, 0.25) is 10.0 Å². The van der Waals surface area contributed by atoms with E-state index in [0.717, 1.165) is 19.6 Å². The van der Waals surface area contributed by atoms with Gasteiger partial charge in [0.05, 0.1) is 10.6 Å². The molecule has 1 aromatic rings. The second-order valence-electron chi connectivity index (χ2n) is 4.78. The normalized spacial score (nSPS) is 16.3. The Morgan fingerprint density at radius 1 is 1.21 bits per heavy atom. The highest BCUT2D eigenvalue weighted by molar-refractivity contribution is 6.36. The van der Waals surface area contributed by atoms with Crippen LogP contribution >= 0.6 is 23.2 Å². The zero-order valence-corrected chi connectivity index (χ0v) is 12.3. The Balaban J connectivity index is 1.80. The van der Waals surface area contributed by atoms with Crippen LogP contribution < -0.4 is 5.32 Å². The summed E-state index contributed by atoms with van der Waals surface area (Å²) in [4.78, 5) is 14.3. The summed E-state index contributed by atoms with van der Waals surface area (Å²) in [6.45, 7) is 3.82. The molecule has 1 fully saturated rings. The molecule has 19 heavy (non-hydrogen) atoms. The van der Waals surface area contributed by atoms with Crippen molar-refractivity contribution in [1.82, 2.24) is 10.2 Å². The molecule has 3 nitrogen and oxygen atoms in total. The minimum atomic E-state index is -0.140. The molecule has 1 aliphatic rings. The van der Waals surface area contributed by atoms with E-state index >= 15 is 0 Å². The Morgan fingerprint density at radius 3 is 2.63 bits per heavy atom. The summed E-state index contributed by atoms with van der Waals surface area (Å²) in [5.74, 6) is -0.140. The molecule has 1 aromatic carbocycles. The van der Waals surface area contributed by atoms with Gasteiger partial charge in [0.1, 0.15) is 0 Å². The maximum absolute atomic E-state index is 12.0. The summed E-state index contributed by atoms with van der Waals surface area (Å²) in [5.41, 5.74) is 0.477. The Bertz CT molecular complexity index is 445. The molecule has 0 bridgehead atoms. The standard InChI is InChI=1S/C14H18Cl2N2O/c15-11-4-5-12(13(16)10-11)14(19)17-6-9-18-7-2-1-3-8-18/h4-5,10H,1-3,6-9H2,(H,17,19). The van der Waals surface area contributed by atoms with Crippen LogP contribution in [-0.4, -0.2) is 37.0 Å². The van der Waals surface area contributed by atoms with E-state index < -0.39 is 0 Å². The first-order valence-electron chi connectivity index (χ1n) is 6.62. The molecule has 1 amide bonds. The lowest BCUT2D eigenvalue weighted by Gasteiger charge is -2.26. The van der Waals surface area contributed by atoms with Crippen LogP contribution in [0.3, 0.4) is 0 Å². The van der Waals surface area contributed by atoms with Crippen LogP contribution in [-0.2, 0) is 0 Å². The molecule has 1 aliphatic heterocycles. The Kier molecular flexibility index (Phi) is 5.49. The van der Waals surface area contributed by atoms with Gasteiger partial charge in [-0.2, -0.15) is 0 Å². The fraction of sp³-hybridized carbons (Fsp3) is 0.500. The molecule has 0 saturated carbocycles. The average Bonchev–Trinajstić information content (AvgIpc) is 2.39. The molecule has 104 valence electrons. The third-order valence-corrected chi connectivity index (χ3v) is 3.89. The van der Waals surface area contributed by atoms with Crippen molar-refractivity contribution in [2.24, 2.45) is 0 Å². The van der Waals surface area contributed by atoms with Gasteiger partial charge in [0.25, 0.3) is 5.91 Å². The maximum atomic E-state index is 12.0. The Morgan fingerprint density at radius 2 is 1.95 bits per heavy atom. The van der Waals surface area contributed by atoms with E-state index in [1.165, 1.54) is 19.3 Å². The first kappa shape index (κ1) is 14.6. The van der Waals surface area contributed by atoms with Crippen molar-refractivity contribution in [2.75, 3.05) is 26.2 Å². The fourth-order valence-corrected chi connectivity index (χ4v) is 2.77. The van der Waals surface area contributed by atoms with Crippen LogP contribution in [0.15, 0.2) is 18.2 Å². The Hall–Kier alpha value is -0.770. The van der Waals surface area contributed by atoms with Crippen molar-refractivity contribution in [1.29, 1.82) is 0 Å². The van der Waals surface area contributed by atoms with Gasteiger partial charge in [-0.15, -0.1) is 0 Å². The second-order valence-corrected chi connectivity index (χ2v) is 5.63. The van der Waals surface area contributed by atoms with E-state index in [1.54, 1.807) is 18.2 Å². The number of piperidine rings is 1. The van der Waals surface area contributed by atoms with Crippen molar-refractivity contribution < 1.29 is 4.79 Å². The van der Waals surface area contributed by atoms with Crippen molar-refractivity contribution in [2.45, 2.75) is 19.3 Å². The summed E-state index contributed by atoms with van der Waals surface area (Å²) in [6, 6.07) is 4.91. The number of benzene rings is 1. The lowest BCUT2D eigenvalue weighted by Crippen LogP contribution is -2.37. The minimum absolute atomic E-state index is 0.140. The molecule has 0 spiro atoms. The molecule has 5 heteroatoms. The number of likely N-dealkylation sites (tertiary alicyclic amines) is 1. The molecule has 0 unspecified atom stereocenters. The first-order valence-corrected chi connectivity index (χ1v) is 7.38. The number of hydrogen-bond donors (Lipinski definition) is 1. The summed E-state index contributed by atoms with van der Waals surface area (Å²) < 4.78 is 0. The third kappa shape index (κ3) is 4.37. The number of hydrogen-bond acceptors (Lipinski definition) is 2. The maximum Gasteiger partial charge on any atom is 0.252 e. The molecule has 1 heterocycles. The van der Waals surface area contributed by atoms with E-state index in [0.29, 0.717) is 22.2 Å². The average molecular weight is 301 g/mol. The van der Waals surface area contributed by atoms with Crippen LogP contribution in [0.1, 0.15) is 29.6 Å². The van der Waals surface area contributed by atoms with Gasteiger partial charge in [-0.1, -0.05) is 29.6 Å². The van der Waals surface area contributed by atoms with Crippen LogP contribution in [0, 0.1) is 0 Å². The third-order valence-electron chi connectivity index (χ3n) is 3.34. The van der Waals surface area contributed by atoms with Crippen LogP contribution in [0.25, 0.3) is 0 Å². The molecule has 1 saturated heterocycles. The highest BCUT2D eigenvalue weighted by Crippen LogP contribution is 2.20. The van der Waals surface area contributed by atoms with Crippen molar-refractivity contribution in [3.8, 4) is 0 Å². The van der Waals surface area contributed by atoms with Gasteiger partial charge in [0, 0.05) is 18.1 Å². The number of nitrogens with one attached hydrogen (secondary N) is 1. The molecule has 0 aromatic heterocycles. The van der Waals surface area contributed by atoms with E-state index in [1.807, 2.05) is 0 Å². The lowest BCUT2D eigenvalue weighted by atomic mass is 10.1. The lowest BCUT2D eigenvalue weighted by molar-refractivity contribution is 0.0946. The van der Waals surface area contributed by atoms with Crippen molar-refractivity contribution in [3.63, 3.8) is 0 Å². The summed E-state index contributed by atoms with van der Waals surface area (Å²) in [6.07, 6.45) is 3.84. The molecule has 0 radical (unpaired) electrons. The fourth-order valence-electron chi connectivity index (χ4n) is 2.28. The quantitative estimate of drug-likeness (QED) is 0.926. The predicted octanol–water partition coefficient (Wildman–Crippen LogP) is 3.21. The number of rotatable bonds is 4. The zero-order valence-electron chi connectivity index (χ0n) is 10.8. The summed E-state index contributed by atoms with van der Waals surface area (Å²) in [7, 11) is 0. The number of halogens is 2.